The van der Waals surface area contributed by atoms with Gasteiger partial charge in [-0.15, -0.1) is 5.10 Å². The summed E-state index contributed by atoms with van der Waals surface area (Å²) in [7, 11) is 0. The van der Waals surface area contributed by atoms with Gasteiger partial charge in [-0.05, 0) is 43.0 Å². The van der Waals surface area contributed by atoms with Gasteiger partial charge in [0.1, 0.15) is 18.0 Å². The van der Waals surface area contributed by atoms with Gasteiger partial charge in [-0.25, -0.2) is 4.39 Å². The van der Waals surface area contributed by atoms with E-state index in [0.717, 1.165) is 28.8 Å². The molecule has 1 fully saturated rings. The van der Waals surface area contributed by atoms with E-state index in [1.54, 1.807) is 18.1 Å². The van der Waals surface area contributed by atoms with Crippen molar-refractivity contribution in [1.82, 2.24) is 29.4 Å². The molecule has 12 nitrogen and oxygen atoms in total. The van der Waals surface area contributed by atoms with Gasteiger partial charge >= 0.3 is 6.18 Å². The molecule has 5 rings (SSSR count). The molecule has 48 heavy (non-hydrogen) atoms. The lowest BCUT2D eigenvalue weighted by atomic mass is 10.2. The molecule has 0 bridgehead atoms. The highest BCUT2D eigenvalue weighted by molar-refractivity contribution is 7.98. The molecule has 254 valence electrons. The molecule has 2 aromatic carbocycles. The number of aromatic nitrogens is 4. The van der Waals surface area contributed by atoms with Gasteiger partial charge in [0.15, 0.2) is 0 Å². The number of halogens is 5. The molecule has 4 aromatic rings. The number of rotatable bonds is 9. The van der Waals surface area contributed by atoms with Crippen molar-refractivity contribution < 1.29 is 31.9 Å². The summed E-state index contributed by atoms with van der Waals surface area (Å²) in [4.78, 5) is 60.0. The van der Waals surface area contributed by atoms with E-state index in [4.69, 9.17) is 11.6 Å². The van der Waals surface area contributed by atoms with Gasteiger partial charge in [0, 0.05) is 26.2 Å². The Bertz CT molecular complexity index is 1940. The third-order valence-corrected chi connectivity index (χ3v) is 8.51. The number of hydrogen-bond donors (Lipinski definition) is 2. The third kappa shape index (κ3) is 7.26. The van der Waals surface area contributed by atoms with E-state index in [1.807, 2.05) is 0 Å². The molecule has 18 heteroatoms. The van der Waals surface area contributed by atoms with Crippen LogP contribution in [0, 0.1) is 5.82 Å². The van der Waals surface area contributed by atoms with Crippen LogP contribution in [-0.2, 0) is 28.7 Å². The van der Waals surface area contributed by atoms with Crippen molar-refractivity contribution in [2.45, 2.75) is 31.2 Å². The summed E-state index contributed by atoms with van der Waals surface area (Å²) in [6, 6.07) is 8.00. The fourth-order valence-corrected chi connectivity index (χ4v) is 5.88. The van der Waals surface area contributed by atoms with Crippen molar-refractivity contribution in [2.24, 2.45) is 0 Å². The predicted octanol–water partition coefficient (Wildman–Crippen LogP) is 3.70. The normalized spacial score (nSPS) is 13.6. The number of fused-ring (bicyclic) bond motifs is 1. The van der Waals surface area contributed by atoms with Crippen LogP contribution in [0.2, 0.25) is 5.02 Å². The van der Waals surface area contributed by atoms with Gasteiger partial charge in [0.25, 0.3) is 11.5 Å². The summed E-state index contributed by atoms with van der Waals surface area (Å²) < 4.78 is 55.8. The zero-order valence-corrected chi connectivity index (χ0v) is 27.2. The Hall–Kier alpha value is -4.64. The van der Waals surface area contributed by atoms with Crippen LogP contribution in [0.1, 0.15) is 28.5 Å². The lowest BCUT2D eigenvalue weighted by Gasteiger charge is -2.36. The highest BCUT2D eigenvalue weighted by atomic mass is 35.5. The van der Waals surface area contributed by atoms with Gasteiger partial charge in [0.2, 0.25) is 22.7 Å². The third-order valence-electron chi connectivity index (χ3n) is 7.66. The minimum atomic E-state index is -4.61. The van der Waals surface area contributed by atoms with Gasteiger partial charge in [-0.2, -0.15) is 22.7 Å². The van der Waals surface area contributed by atoms with Crippen LogP contribution >= 0.6 is 23.4 Å². The molecule has 3 amide bonds. The van der Waals surface area contributed by atoms with Gasteiger partial charge in [0.05, 0.1) is 34.1 Å². The average molecular weight is 709 g/mol. The number of hydrogen-bond acceptors (Lipinski definition) is 8. The number of benzene rings is 2. The number of thioether (sulfide) groups is 1. The van der Waals surface area contributed by atoms with Crippen molar-refractivity contribution in [1.29, 1.82) is 0 Å². The first-order chi connectivity index (χ1) is 22.8. The van der Waals surface area contributed by atoms with E-state index in [-0.39, 0.29) is 84.5 Å². The fourth-order valence-electron chi connectivity index (χ4n) is 5.31. The summed E-state index contributed by atoms with van der Waals surface area (Å²) in [5.74, 6) is -2.35. The Morgan fingerprint density at radius 3 is 2.40 bits per heavy atom. The van der Waals surface area contributed by atoms with Crippen LogP contribution in [-0.4, -0.2) is 80.8 Å². The smallest absolute Gasteiger partial charge is 0.362 e. The first kappa shape index (κ1) is 34.7. The summed E-state index contributed by atoms with van der Waals surface area (Å²) in [5.41, 5.74) is -0.937. The highest BCUT2D eigenvalue weighted by Gasteiger charge is 2.32. The molecule has 0 atom stereocenters. The average Bonchev–Trinajstić information content (AvgIpc) is 3.50. The Labute approximate surface area is 280 Å². The highest BCUT2D eigenvalue weighted by Crippen LogP contribution is 2.34. The van der Waals surface area contributed by atoms with Crippen molar-refractivity contribution in [3.8, 4) is 0 Å². The second-order valence-corrected chi connectivity index (χ2v) is 11.8. The zero-order valence-electron chi connectivity index (χ0n) is 25.6. The quantitative estimate of drug-likeness (QED) is 0.199. The van der Waals surface area contributed by atoms with Gasteiger partial charge in [-0.3, -0.25) is 19.2 Å². The fraction of sp³-hybridized carbons (Fsp3) is 0.333. The van der Waals surface area contributed by atoms with E-state index in [1.165, 1.54) is 39.4 Å². The largest absolute Gasteiger partial charge is 0.416 e. The first-order valence-corrected chi connectivity index (χ1v) is 16.2. The molecule has 0 unspecified atom stereocenters. The summed E-state index contributed by atoms with van der Waals surface area (Å²) in [5, 5.41) is 9.24. The van der Waals surface area contributed by atoms with E-state index >= 15 is 0 Å². The summed E-state index contributed by atoms with van der Waals surface area (Å²) in [6.07, 6.45) is -2.60. The number of piperazine rings is 1. The second-order valence-electron chi connectivity index (χ2n) is 10.6. The van der Waals surface area contributed by atoms with Crippen LogP contribution in [0.4, 0.5) is 28.9 Å². The number of amides is 3. The number of anilines is 2. The zero-order chi connectivity index (χ0) is 34.7. The van der Waals surface area contributed by atoms with Crippen LogP contribution in [0.15, 0.2) is 52.4 Å². The molecule has 0 spiro atoms. The molecular formula is C30H29ClF4N8O4S. The SMILES string of the molecule is CCc1c(N2CCN(C(=O)CNC(=O)c3ccccc3F)CC2)c(=O)n2nc(SC)nc2n1CC(=O)Nc1ccc(C(F)(F)F)cc1Cl. The van der Waals surface area contributed by atoms with Crippen molar-refractivity contribution in [3.63, 3.8) is 0 Å². The van der Waals surface area contributed by atoms with Gasteiger partial charge in [-0.1, -0.05) is 42.4 Å². The van der Waals surface area contributed by atoms with Crippen LogP contribution in [0.5, 0.6) is 0 Å². The second kappa shape index (κ2) is 14.2. The van der Waals surface area contributed by atoms with Crippen molar-refractivity contribution in [2.75, 3.05) is 49.2 Å². The predicted molar refractivity (Wildman–Crippen MR) is 171 cm³/mol. The molecule has 0 aliphatic carbocycles. The van der Waals surface area contributed by atoms with Gasteiger partial charge < -0.3 is 25.0 Å². The lowest BCUT2D eigenvalue weighted by Crippen LogP contribution is -2.52. The minimum absolute atomic E-state index is 0.0258. The maximum Gasteiger partial charge on any atom is 0.416 e. The van der Waals surface area contributed by atoms with Crippen LogP contribution in [0.3, 0.4) is 0 Å². The molecular weight excluding hydrogens is 680 g/mol. The standard InChI is InChI=1S/C30H29ClF4N8O4S/c1-3-22-25(41-12-10-40(11-13-41)24(45)15-36-26(46)18-6-4-5-7-20(18)32)27(47)43-29(38-28(39-43)48-2)42(22)16-23(44)37-21-9-8-17(14-19(21)31)30(33,34)35/h4-9,14H,3,10-13,15-16H2,1-2H3,(H,36,46)(H,37,44). The molecule has 2 N–H and O–H groups in total. The van der Waals surface area contributed by atoms with E-state index < -0.39 is 34.9 Å². The number of carbonyl (C=O) groups excluding carboxylic acids is 3. The molecule has 1 aliphatic rings. The Morgan fingerprint density at radius 1 is 1.06 bits per heavy atom. The molecule has 1 aliphatic heterocycles. The number of alkyl halides is 3. The van der Waals surface area contributed by atoms with E-state index in [9.17, 15) is 36.7 Å². The molecule has 0 saturated carbocycles. The first-order valence-electron chi connectivity index (χ1n) is 14.6. The molecule has 0 radical (unpaired) electrons. The maximum atomic E-state index is 13.9. The Kier molecular flexibility index (Phi) is 10.3. The van der Waals surface area contributed by atoms with Crippen molar-refractivity contribution >= 4 is 58.2 Å². The number of nitrogens with zero attached hydrogens (tertiary/aromatic N) is 6. The Balaban J connectivity index is 1.35. The summed E-state index contributed by atoms with van der Waals surface area (Å²) in [6.45, 7) is 1.95. The molecule has 3 heterocycles. The number of carbonyl (C=O) groups is 3. The van der Waals surface area contributed by atoms with E-state index in [2.05, 4.69) is 20.7 Å². The monoisotopic (exact) mass is 708 g/mol. The lowest BCUT2D eigenvalue weighted by molar-refractivity contribution is -0.137. The molecule has 1 saturated heterocycles. The Morgan fingerprint density at radius 2 is 1.77 bits per heavy atom. The topological polar surface area (TPSA) is 134 Å². The van der Waals surface area contributed by atoms with Crippen LogP contribution in [0.25, 0.3) is 5.78 Å². The minimum Gasteiger partial charge on any atom is -0.362 e. The molecule has 2 aromatic heterocycles. The van der Waals surface area contributed by atoms with E-state index in [0.29, 0.717) is 5.69 Å². The number of nitrogens with one attached hydrogen (secondary N) is 2. The summed E-state index contributed by atoms with van der Waals surface area (Å²) >= 11 is 7.24. The maximum absolute atomic E-state index is 13.9. The van der Waals surface area contributed by atoms with Crippen LogP contribution < -0.4 is 21.1 Å². The van der Waals surface area contributed by atoms with Crippen molar-refractivity contribution in [3.05, 3.63) is 80.5 Å².